The van der Waals surface area contributed by atoms with Gasteiger partial charge < -0.3 is 10.1 Å². The fourth-order valence-corrected chi connectivity index (χ4v) is 2.72. The molecule has 0 heterocycles. The van der Waals surface area contributed by atoms with Gasteiger partial charge in [0.1, 0.15) is 5.75 Å². The maximum atomic E-state index is 5.19. The lowest BCUT2D eigenvalue weighted by Gasteiger charge is -2.20. The van der Waals surface area contributed by atoms with Gasteiger partial charge in [0.05, 0.1) is 7.11 Å². The summed E-state index contributed by atoms with van der Waals surface area (Å²) in [6.45, 7) is 3.25. The first-order valence-electron chi connectivity index (χ1n) is 6.22. The molecule has 1 saturated carbocycles. The van der Waals surface area contributed by atoms with Crippen molar-refractivity contribution in [2.75, 3.05) is 13.7 Å². The van der Waals surface area contributed by atoms with E-state index in [1.54, 1.807) is 7.11 Å². The van der Waals surface area contributed by atoms with E-state index in [-0.39, 0.29) is 0 Å². The van der Waals surface area contributed by atoms with E-state index in [1.807, 2.05) is 0 Å². The summed E-state index contributed by atoms with van der Waals surface area (Å²) in [6, 6.07) is 9.21. The van der Waals surface area contributed by atoms with Crippen LogP contribution in [0.3, 0.4) is 0 Å². The van der Waals surface area contributed by atoms with Crippen LogP contribution in [0.15, 0.2) is 24.3 Å². The molecule has 0 bridgehead atoms. The molecule has 88 valence electrons. The van der Waals surface area contributed by atoms with Crippen molar-refractivity contribution in [3.8, 4) is 5.75 Å². The molecule has 1 fully saturated rings. The van der Waals surface area contributed by atoms with Crippen molar-refractivity contribution < 1.29 is 4.74 Å². The standard InChI is InChI=1S/C14H21NO/c1-3-15-14-6-4-5-13(14)11-7-9-12(16-2)10-8-11/h7-10,13-15H,3-6H2,1-2H3. The van der Waals surface area contributed by atoms with Gasteiger partial charge >= 0.3 is 0 Å². The van der Waals surface area contributed by atoms with Crippen molar-refractivity contribution in [3.05, 3.63) is 29.8 Å². The van der Waals surface area contributed by atoms with Crippen molar-refractivity contribution in [2.45, 2.75) is 38.1 Å². The Hall–Kier alpha value is -1.02. The smallest absolute Gasteiger partial charge is 0.118 e. The normalized spacial score (nSPS) is 24.6. The van der Waals surface area contributed by atoms with Gasteiger partial charge in [-0.3, -0.25) is 0 Å². The molecule has 2 unspecified atom stereocenters. The highest BCUT2D eigenvalue weighted by Gasteiger charge is 2.27. The average molecular weight is 219 g/mol. The van der Waals surface area contributed by atoms with Crippen LogP contribution in [0.2, 0.25) is 0 Å². The Bertz CT molecular complexity index is 320. The predicted octanol–water partition coefficient (Wildman–Crippen LogP) is 2.94. The van der Waals surface area contributed by atoms with Crippen molar-refractivity contribution >= 4 is 0 Å². The van der Waals surface area contributed by atoms with Crippen LogP contribution in [0.25, 0.3) is 0 Å². The van der Waals surface area contributed by atoms with Gasteiger partial charge in [0.25, 0.3) is 0 Å². The molecule has 2 heteroatoms. The molecule has 1 aromatic rings. The van der Waals surface area contributed by atoms with E-state index >= 15 is 0 Å². The summed E-state index contributed by atoms with van der Waals surface area (Å²) in [7, 11) is 1.71. The van der Waals surface area contributed by atoms with Crippen molar-refractivity contribution in [2.24, 2.45) is 0 Å². The van der Waals surface area contributed by atoms with Gasteiger partial charge in [-0.15, -0.1) is 0 Å². The lowest BCUT2D eigenvalue weighted by atomic mass is 9.94. The summed E-state index contributed by atoms with van der Waals surface area (Å²) in [5.41, 5.74) is 1.45. The second kappa shape index (κ2) is 5.35. The first-order valence-corrected chi connectivity index (χ1v) is 6.22. The minimum atomic E-state index is 0.665. The number of hydrogen-bond donors (Lipinski definition) is 1. The minimum Gasteiger partial charge on any atom is -0.497 e. The molecule has 2 atom stereocenters. The van der Waals surface area contributed by atoms with Crippen LogP contribution in [0.4, 0.5) is 0 Å². The molecule has 0 amide bonds. The first-order chi connectivity index (χ1) is 7.85. The van der Waals surface area contributed by atoms with E-state index in [0.717, 1.165) is 12.3 Å². The molecule has 1 aromatic carbocycles. The molecule has 1 aliphatic carbocycles. The van der Waals surface area contributed by atoms with Crippen LogP contribution in [0.5, 0.6) is 5.75 Å². The van der Waals surface area contributed by atoms with Crippen LogP contribution < -0.4 is 10.1 Å². The topological polar surface area (TPSA) is 21.3 Å². The van der Waals surface area contributed by atoms with Crippen LogP contribution >= 0.6 is 0 Å². The fourth-order valence-electron chi connectivity index (χ4n) is 2.72. The van der Waals surface area contributed by atoms with Crippen LogP contribution in [-0.2, 0) is 0 Å². The summed E-state index contributed by atoms with van der Waals surface area (Å²) < 4.78 is 5.19. The highest BCUT2D eigenvalue weighted by Crippen LogP contribution is 2.35. The lowest BCUT2D eigenvalue weighted by molar-refractivity contribution is 0.414. The summed E-state index contributed by atoms with van der Waals surface area (Å²) in [5, 5.41) is 3.59. The number of ether oxygens (including phenoxy) is 1. The second-order valence-corrected chi connectivity index (χ2v) is 4.47. The summed E-state index contributed by atoms with van der Waals surface area (Å²) >= 11 is 0. The van der Waals surface area contributed by atoms with E-state index in [1.165, 1.54) is 24.8 Å². The van der Waals surface area contributed by atoms with Gasteiger partial charge in [0.2, 0.25) is 0 Å². The largest absolute Gasteiger partial charge is 0.497 e. The Balaban J connectivity index is 2.09. The van der Waals surface area contributed by atoms with Crippen molar-refractivity contribution in [1.82, 2.24) is 5.32 Å². The van der Waals surface area contributed by atoms with Crippen molar-refractivity contribution in [1.29, 1.82) is 0 Å². The monoisotopic (exact) mass is 219 g/mol. The van der Waals surface area contributed by atoms with Crippen LogP contribution in [0, 0.1) is 0 Å². The highest BCUT2D eigenvalue weighted by molar-refractivity contribution is 5.30. The Kier molecular flexibility index (Phi) is 3.83. The Labute approximate surface area is 98.0 Å². The summed E-state index contributed by atoms with van der Waals surface area (Å²) in [6.07, 6.45) is 3.96. The van der Waals surface area contributed by atoms with E-state index in [0.29, 0.717) is 12.0 Å². The molecular weight excluding hydrogens is 198 g/mol. The zero-order valence-electron chi connectivity index (χ0n) is 10.2. The molecule has 0 saturated heterocycles. The quantitative estimate of drug-likeness (QED) is 0.840. The summed E-state index contributed by atoms with van der Waals surface area (Å²) in [4.78, 5) is 0. The van der Waals surface area contributed by atoms with Crippen molar-refractivity contribution in [3.63, 3.8) is 0 Å². The lowest BCUT2D eigenvalue weighted by Crippen LogP contribution is -2.30. The Morgan fingerprint density at radius 1 is 1.25 bits per heavy atom. The molecule has 0 aromatic heterocycles. The highest BCUT2D eigenvalue weighted by atomic mass is 16.5. The zero-order chi connectivity index (χ0) is 11.4. The van der Waals surface area contributed by atoms with Gasteiger partial charge in [-0.1, -0.05) is 25.5 Å². The molecular formula is C14H21NO. The Morgan fingerprint density at radius 3 is 2.62 bits per heavy atom. The third kappa shape index (κ3) is 2.38. The van der Waals surface area contributed by atoms with E-state index < -0.39 is 0 Å². The van der Waals surface area contributed by atoms with Gasteiger partial charge in [-0.25, -0.2) is 0 Å². The van der Waals surface area contributed by atoms with Crippen LogP contribution in [0.1, 0.15) is 37.7 Å². The molecule has 2 nitrogen and oxygen atoms in total. The van der Waals surface area contributed by atoms with Gasteiger partial charge in [0, 0.05) is 6.04 Å². The van der Waals surface area contributed by atoms with Gasteiger partial charge in [-0.05, 0) is 43.0 Å². The third-order valence-electron chi connectivity index (χ3n) is 3.53. The van der Waals surface area contributed by atoms with E-state index in [9.17, 15) is 0 Å². The maximum Gasteiger partial charge on any atom is 0.118 e. The minimum absolute atomic E-state index is 0.665. The number of rotatable bonds is 4. The Morgan fingerprint density at radius 2 is 2.00 bits per heavy atom. The number of nitrogens with one attached hydrogen (secondary N) is 1. The molecule has 0 spiro atoms. The second-order valence-electron chi connectivity index (χ2n) is 4.47. The van der Waals surface area contributed by atoms with E-state index in [4.69, 9.17) is 4.74 Å². The van der Waals surface area contributed by atoms with E-state index in [2.05, 4.69) is 36.5 Å². The molecule has 0 radical (unpaired) electrons. The number of methoxy groups -OCH3 is 1. The number of hydrogen-bond acceptors (Lipinski definition) is 2. The zero-order valence-corrected chi connectivity index (χ0v) is 10.2. The third-order valence-corrected chi connectivity index (χ3v) is 3.53. The molecule has 0 aliphatic heterocycles. The maximum absolute atomic E-state index is 5.19. The average Bonchev–Trinajstić information content (AvgIpc) is 2.78. The fraction of sp³-hybridized carbons (Fsp3) is 0.571. The molecule has 2 rings (SSSR count). The SMILES string of the molecule is CCNC1CCCC1c1ccc(OC)cc1. The first kappa shape index (κ1) is 11.5. The summed E-state index contributed by atoms with van der Waals surface area (Å²) in [5.74, 6) is 1.63. The predicted molar refractivity (Wildman–Crippen MR) is 67.1 cm³/mol. The number of likely N-dealkylation sites (N-methyl/N-ethyl adjacent to an activating group) is 1. The van der Waals surface area contributed by atoms with Gasteiger partial charge in [-0.2, -0.15) is 0 Å². The van der Waals surface area contributed by atoms with Crippen LogP contribution in [-0.4, -0.2) is 19.7 Å². The number of benzene rings is 1. The molecule has 1 aliphatic rings. The molecule has 16 heavy (non-hydrogen) atoms. The van der Waals surface area contributed by atoms with Gasteiger partial charge in [0.15, 0.2) is 0 Å². The molecule has 1 N–H and O–H groups in total.